The third-order valence-electron chi connectivity index (χ3n) is 8.72. The molecule has 3 aromatic carbocycles. The Bertz CT molecular complexity index is 1820. The number of hydrogen-bond donors (Lipinski definition) is 0. The standard InChI is InChI=1S/C37H42NO/c1-24-12-17-29-28-10-8-9-11-33(28)39-35(29)34(24)32-22-30(31(23-38(32)7)36(2,3)4)27-15-13-25(14-16-27)26-18-20-37(5,6)21-19-26/h8-17,22-23,26H,18-21H2,1-7H3/q+1/i15D,16D,26D. The molecule has 5 aromatic rings. The summed E-state index contributed by atoms with van der Waals surface area (Å²) in [7, 11) is 2.07. The average molecular weight is 520 g/mol. The lowest BCUT2D eigenvalue weighted by molar-refractivity contribution is -0.660. The van der Waals surface area contributed by atoms with Gasteiger partial charge >= 0.3 is 0 Å². The Labute approximate surface area is 237 Å². The zero-order valence-corrected chi connectivity index (χ0v) is 24.5. The summed E-state index contributed by atoms with van der Waals surface area (Å²) in [4.78, 5) is 0. The Hall–Kier alpha value is -3.39. The molecule has 2 heterocycles. The molecule has 1 saturated carbocycles. The van der Waals surface area contributed by atoms with Gasteiger partial charge in [0, 0.05) is 23.8 Å². The quantitative estimate of drug-likeness (QED) is 0.217. The van der Waals surface area contributed by atoms with E-state index >= 15 is 0 Å². The lowest BCUT2D eigenvalue weighted by Gasteiger charge is -2.34. The van der Waals surface area contributed by atoms with Gasteiger partial charge in [-0.15, -0.1) is 0 Å². The maximum absolute atomic E-state index is 9.29. The minimum atomic E-state index is -0.741. The molecule has 1 aliphatic rings. The Morgan fingerprint density at radius 1 is 0.974 bits per heavy atom. The van der Waals surface area contributed by atoms with Crippen LogP contribution in [0.4, 0.5) is 0 Å². The molecule has 2 nitrogen and oxygen atoms in total. The van der Waals surface area contributed by atoms with E-state index in [9.17, 15) is 4.11 Å². The van der Waals surface area contributed by atoms with Crippen molar-refractivity contribution in [2.75, 3.05) is 0 Å². The first-order valence-corrected chi connectivity index (χ1v) is 14.3. The number of nitrogens with zero attached hydrogens (tertiary/aromatic N) is 1. The summed E-state index contributed by atoms with van der Waals surface area (Å²) in [5.41, 5.74) is 8.27. The van der Waals surface area contributed by atoms with Gasteiger partial charge in [0.05, 0.1) is 8.30 Å². The van der Waals surface area contributed by atoms with Gasteiger partial charge in [-0.2, -0.15) is 0 Å². The Kier molecular flexibility index (Phi) is 5.39. The van der Waals surface area contributed by atoms with Crippen LogP contribution in [-0.2, 0) is 12.5 Å². The van der Waals surface area contributed by atoms with Crippen LogP contribution < -0.4 is 4.57 Å². The molecule has 0 saturated heterocycles. The third kappa shape index (κ3) is 4.69. The molecule has 2 heteroatoms. The van der Waals surface area contributed by atoms with Crippen LogP contribution in [0.25, 0.3) is 44.3 Å². The normalized spacial score (nSPS) is 18.2. The predicted molar refractivity (Wildman–Crippen MR) is 164 cm³/mol. The molecular weight excluding hydrogens is 474 g/mol. The van der Waals surface area contributed by atoms with E-state index in [4.69, 9.17) is 4.42 Å². The lowest BCUT2D eigenvalue weighted by Crippen LogP contribution is -2.34. The highest BCUT2D eigenvalue weighted by Crippen LogP contribution is 2.44. The number of pyridine rings is 1. The first kappa shape index (κ1) is 22.4. The van der Waals surface area contributed by atoms with Crippen LogP contribution in [0.5, 0.6) is 0 Å². The van der Waals surface area contributed by atoms with Crippen molar-refractivity contribution >= 4 is 21.9 Å². The summed E-state index contributed by atoms with van der Waals surface area (Å²) >= 11 is 0. The van der Waals surface area contributed by atoms with Crippen LogP contribution in [0, 0.1) is 12.3 Å². The van der Waals surface area contributed by atoms with Crippen molar-refractivity contribution in [3.8, 4) is 22.4 Å². The molecule has 1 fully saturated rings. The number of aromatic nitrogens is 1. The summed E-state index contributed by atoms with van der Waals surface area (Å²) in [6, 6.07) is 18.9. The number of hydrogen-bond acceptors (Lipinski definition) is 1. The summed E-state index contributed by atoms with van der Waals surface area (Å²) in [6.07, 6.45) is 5.65. The van der Waals surface area contributed by atoms with E-state index in [1.54, 1.807) is 0 Å². The fourth-order valence-corrected chi connectivity index (χ4v) is 6.17. The highest BCUT2D eigenvalue weighted by molar-refractivity contribution is 6.09. The molecular formula is C37H42NO+. The first-order chi connectivity index (χ1) is 19.7. The Balaban J connectivity index is 1.57. The second-order valence-electron chi connectivity index (χ2n) is 13.3. The summed E-state index contributed by atoms with van der Waals surface area (Å²) in [6.45, 7) is 13.2. The number of furan rings is 1. The van der Waals surface area contributed by atoms with E-state index in [-0.39, 0.29) is 10.8 Å². The minimum absolute atomic E-state index is 0.213. The third-order valence-corrected chi connectivity index (χ3v) is 8.72. The van der Waals surface area contributed by atoms with E-state index in [1.165, 1.54) is 0 Å². The molecule has 0 unspecified atom stereocenters. The lowest BCUT2D eigenvalue weighted by atomic mass is 9.71. The first-order valence-electron chi connectivity index (χ1n) is 15.8. The van der Waals surface area contributed by atoms with E-state index in [0.29, 0.717) is 17.6 Å². The van der Waals surface area contributed by atoms with Crippen LogP contribution >= 0.6 is 0 Å². The van der Waals surface area contributed by atoms with Crippen molar-refractivity contribution in [1.82, 2.24) is 0 Å². The molecule has 6 rings (SSSR count). The molecule has 200 valence electrons. The summed E-state index contributed by atoms with van der Waals surface area (Å²) in [5.74, 6) is -0.741. The van der Waals surface area contributed by atoms with Crippen molar-refractivity contribution in [3.63, 3.8) is 0 Å². The van der Waals surface area contributed by atoms with Crippen molar-refractivity contribution in [1.29, 1.82) is 0 Å². The molecule has 0 amide bonds. The molecule has 39 heavy (non-hydrogen) atoms. The largest absolute Gasteiger partial charge is 0.455 e. The molecule has 0 spiro atoms. The van der Waals surface area contributed by atoms with E-state index in [1.807, 2.05) is 30.3 Å². The van der Waals surface area contributed by atoms with Crippen LogP contribution in [0.2, 0.25) is 0 Å². The topological polar surface area (TPSA) is 17.0 Å². The number of rotatable bonds is 3. The number of benzene rings is 3. The maximum Gasteiger partial charge on any atom is 0.216 e. The number of para-hydroxylation sites is 1. The number of fused-ring (bicyclic) bond motifs is 3. The molecule has 0 aliphatic heterocycles. The predicted octanol–water partition coefficient (Wildman–Crippen LogP) is 10.0. The molecule has 1 aliphatic carbocycles. The molecule has 0 radical (unpaired) electrons. The van der Waals surface area contributed by atoms with Gasteiger partial charge in [0.15, 0.2) is 6.20 Å². The van der Waals surface area contributed by atoms with Crippen LogP contribution in [0.1, 0.15) is 87.0 Å². The fraction of sp³-hybridized carbons (Fsp3) is 0.378. The van der Waals surface area contributed by atoms with E-state index in [2.05, 4.69) is 83.6 Å². The van der Waals surface area contributed by atoms with Gasteiger partial charge in [-0.05, 0) is 77.7 Å². The zero-order valence-electron chi connectivity index (χ0n) is 27.5. The fourth-order valence-electron chi connectivity index (χ4n) is 6.17. The smallest absolute Gasteiger partial charge is 0.216 e. The van der Waals surface area contributed by atoms with Gasteiger partial charge in [0.1, 0.15) is 18.2 Å². The van der Waals surface area contributed by atoms with Crippen molar-refractivity contribution in [2.45, 2.75) is 78.5 Å². The van der Waals surface area contributed by atoms with Crippen molar-refractivity contribution in [2.24, 2.45) is 12.5 Å². The summed E-state index contributed by atoms with van der Waals surface area (Å²) < 4.78 is 36.4. The van der Waals surface area contributed by atoms with Crippen LogP contribution in [0.15, 0.2) is 77.3 Å². The molecule has 0 bridgehead atoms. The Morgan fingerprint density at radius 2 is 1.67 bits per heavy atom. The second-order valence-corrected chi connectivity index (χ2v) is 13.3. The summed E-state index contributed by atoms with van der Waals surface area (Å²) in [5, 5.41) is 2.17. The highest BCUT2D eigenvalue weighted by Gasteiger charge is 2.29. The second kappa shape index (κ2) is 9.37. The SMILES string of the molecule is [2H]c1cc(C2([2H])CCC(C)(C)CC2)cc([2H])c1-c1cc(-c2c(C)ccc3c2oc2ccccc23)[n+](C)cc1C(C)(C)C. The number of aryl methyl sites for hydroxylation is 2. The van der Waals surface area contributed by atoms with Crippen LogP contribution in [-0.4, -0.2) is 0 Å². The minimum Gasteiger partial charge on any atom is -0.455 e. The van der Waals surface area contributed by atoms with Crippen LogP contribution in [0.3, 0.4) is 0 Å². The van der Waals surface area contributed by atoms with Gasteiger partial charge in [0.25, 0.3) is 0 Å². The monoisotopic (exact) mass is 519 g/mol. The van der Waals surface area contributed by atoms with Gasteiger partial charge in [-0.1, -0.05) is 89.2 Å². The zero-order chi connectivity index (χ0) is 30.2. The Morgan fingerprint density at radius 3 is 2.36 bits per heavy atom. The van der Waals surface area contributed by atoms with Gasteiger partial charge in [0.2, 0.25) is 5.69 Å². The van der Waals surface area contributed by atoms with Crippen molar-refractivity contribution in [3.05, 3.63) is 89.6 Å². The van der Waals surface area contributed by atoms with Gasteiger partial charge in [-0.3, -0.25) is 0 Å². The highest BCUT2D eigenvalue weighted by atomic mass is 16.3. The van der Waals surface area contributed by atoms with E-state index < -0.39 is 5.89 Å². The van der Waals surface area contributed by atoms with E-state index in [0.717, 1.165) is 81.1 Å². The molecule has 2 aromatic heterocycles. The van der Waals surface area contributed by atoms with Gasteiger partial charge < -0.3 is 4.42 Å². The average Bonchev–Trinajstić information content (AvgIpc) is 3.29. The maximum atomic E-state index is 9.29. The van der Waals surface area contributed by atoms with Crippen molar-refractivity contribution < 1.29 is 13.1 Å². The molecule has 0 N–H and O–H groups in total. The van der Waals surface area contributed by atoms with Gasteiger partial charge in [-0.25, -0.2) is 4.57 Å². The molecule has 0 atom stereocenters.